The number of ketones is 1. The highest BCUT2D eigenvalue weighted by Gasteiger charge is 2.38. The van der Waals surface area contributed by atoms with Crippen LogP contribution in [0.15, 0.2) is 18.2 Å². The number of nitrogens with one attached hydrogen (secondary N) is 1. The van der Waals surface area contributed by atoms with E-state index in [0.29, 0.717) is 11.1 Å². The Balaban J connectivity index is 1.80. The molecule has 0 atom stereocenters. The highest BCUT2D eigenvalue weighted by atomic mass is 32.2. The van der Waals surface area contributed by atoms with Gasteiger partial charge in [0, 0.05) is 42.2 Å². The summed E-state index contributed by atoms with van der Waals surface area (Å²) in [6.07, 6.45) is 6.33. The summed E-state index contributed by atoms with van der Waals surface area (Å²) in [5, 5.41) is 13.0. The first-order valence-electron chi connectivity index (χ1n) is 9.26. The molecule has 1 aliphatic heterocycles. The van der Waals surface area contributed by atoms with E-state index in [4.69, 9.17) is 0 Å². The zero-order valence-corrected chi connectivity index (χ0v) is 15.8. The summed E-state index contributed by atoms with van der Waals surface area (Å²) in [7, 11) is 0. The molecule has 4 nitrogen and oxygen atoms in total. The number of anilines is 1. The van der Waals surface area contributed by atoms with Crippen molar-refractivity contribution in [3.63, 3.8) is 0 Å². The monoisotopic (exact) mass is 357 g/mol. The first kappa shape index (κ1) is 18.3. The molecule has 2 fully saturated rings. The molecule has 3 rings (SSSR count). The molecule has 1 heterocycles. The number of carbonyl (C=O) groups excluding carboxylic acids is 1. The van der Waals surface area contributed by atoms with Gasteiger partial charge in [-0.25, -0.2) is 0 Å². The van der Waals surface area contributed by atoms with Crippen LogP contribution in [0.2, 0.25) is 0 Å². The number of Topliss-reactive ketones (excluding diaryl/α,β-unsaturated/α-hetero) is 1. The van der Waals surface area contributed by atoms with E-state index in [2.05, 4.69) is 16.3 Å². The largest absolute Gasteiger partial charge is 0.382 e. The molecule has 0 spiro atoms. The summed E-state index contributed by atoms with van der Waals surface area (Å²) in [6, 6.07) is 7.58. The minimum atomic E-state index is 0.0352. The fourth-order valence-electron chi connectivity index (χ4n) is 4.12. The lowest BCUT2D eigenvalue weighted by Crippen LogP contribution is -2.57. The maximum absolute atomic E-state index is 11.7. The molecule has 0 amide bonds. The van der Waals surface area contributed by atoms with Gasteiger partial charge in [-0.3, -0.25) is 9.69 Å². The Morgan fingerprint density at radius 2 is 2.00 bits per heavy atom. The summed E-state index contributed by atoms with van der Waals surface area (Å²) >= 11 is 2.04. The van der Waals surface area contributed by atoms with Crippen molar-refractivity contribution in [3.8, 4) is 6.07 Å². The van der Waals surface area contributed by atoms with Gasteiger partial charge < -0.3 is 5.32 Å². The summed E-state index contributed by atoms with van der Waals surface area (Å²) in [6.45, 7) is 4.74. The lowest BCUT2D eigenvalue weighted by Gasteiger charge is -2.48. The molecule has 2 aliphatic rings. The van der Waals surface area contributed by atoms with E-state index in [9.17, 15) is 10.1 Å². The normalized spacial score (nSPS) is 20.6. The number of hydrogen-bond acceptors (Lipinski definition) is 5. The second kappa shape index (κ2) is 8.25. The van der Waals surface area contributed by atoms with Crippen molar-refractivity contribution >= 4 is 23.2 Å². The first-order valence-corrected chi connectivity index (χ1v) is 10.4. The minimum Gasteiger partial charge on any atom is -0.382 e. The van der Waals surface area contributed by atoms with Gasteiger partial charge in [0.15, 0.2) is 5.78 Å². The molecule has 1 saturated heterocycles. The Kier molecular flexibility index (Phi) is 6.03. The maximum Gasteiger partial charge on any atom is 0.159 e. The van der Waals surface area contributed by atoms with Crippen LogP contribution in [0, 0.1) is 11.3 Å². The van der Waals surface area contributed by atoms with Crippen LogP contribution in [0.3, 0.4) is 0 Å². The summed E-state index contributed by atoms with van der Waals surface area (Å²) in [5.41, 5.74) is 2.27. The number of hydrogen-bond donors (Lipinski definition) is 1. The van der Waals surface area contributed by atoms with Gasteiger partial charge in [-0.05, 0) is 38.0 Å². The number of carbonyl (C=O) groups is 1. The molecule has 1 aromatic rings. The van der Waals surface area contributed by atoms with Crippen LogP contribution in [0.1, 0.15) is 54.9 Å². The molecule has 1 saturated carbocycles. The van der Waals surface area contributed by atoms with E-state index in [1.165, 1.54) is 43.6 Å². The van der Waals surface area contributed by atoms with Crippen molar-refractivity contribution in [3.05, 3.63) is 29.3 Å². The third-order valence-corrected chi connectivity index (χ3v) is 6.56. The zero-order valence-electron chi connectivity index (χ0n) is 15.0. The molecule has 0 unspecified atom stereocenters. The summed E-state index contributed by atoms with van der Waals surface area (Å²) < 4.78 is 0. The van der Waals surface area contributed by atoms with E-state index in [1.54, 1.807) is 19.1 Å². The molecule has 5 heteroatoms. The predicted octanol–water partition coefficient (Wildman–Crippen LogP) is 3.92. The second-order valence-corrected chi connectivity index (χ2v) is 8.39. The number of nitriles is 1. The van der Waals surface area contributed by atoms with Gasteiger partial charge >= 0.3 is 0 Å². The fourth-order valence-corrected chi connectivity index (χ4v) is 5.02. The zero-order chi connectivity index (χ0) is 17.7. The Morgan fingerprint density at radius 3 is 2.64 bits per heavy atom. The van der Waals surface area contributed by atoms with E-state index < -0.39 is 0 Å². The van der Waals surface area contributed by atoms with Crippen LogP contribution in [-0.4, -0.2) is 47.4 Å². The van der Waals surface area contributed by atoms with Gasteiger partial charge in [0.1, 0.15) is 6.07 Å². The lowest BCUT2D eigenvalue weighted by molar-refractivity contribution is 0.0707. The van der Waals surface area contributed by atoms with E-state index in [0.717, 1.165) is 25.3 Å². The molecule has 1 aliphatic carbocycles. The Hall–Kier alpha value is -1.51. The molecule has 134 valence electrons. The number of nitrogens with zero attached hydrogens (tertiary/aromatic N) is 2. The highest BCUT2D eigenvalue weighted by Crippen LogP contribution is 2.36. The van der Waals surface area contributed by atoms with Crippen LogP contribution < -0.4 is 5.32 Å². The molecular formula is C20H27N3OS. The minimum absolute atomic E-state index is 0.0352. The third kappa shape index (κ3) is 4.19. The van der Waals surface area contributed by atoms with Crippen molar-refractivity contribution in [2.45, 2.75) is 44.6 Å². The van der Waals surface area contributed by atoms with Crippen LogP contribution in [-0.2, 0) is 0 Å². The predicted molar refractivity (Wildman–Crippen MR) is 104 cm³/mol. The van der Waals surface area contributed by atoms with Crippen LogP contribution in [0.25, 0.3) is 0 Å². The van der Waals surface area contributed by atoms with E-state index in [1.807, 2.05) is 17.8 Å². The van der Waals surface area contributed by atoms with Crippen molar-refractivity contribution in [2.75, 3.05) is 36.5 Å². The van der Waals surface area contributed by atoms with Crippen molar-refractivity contribution in [1.29, 1.82) is 5.26 Å². The number of thioether (sulfide) groups is 1. The maximum atomic E-state index is 11.7. The Bertz CT molecular complexity index is 655. The quantitative estimate of drug-likeness (QED) is 0.809. The second-order valence-electron chi connectivity index (χ2n) is 7.17. The summed E-state index contributed by atoms with van der Waals surface area (Å²) in [4.78, 5) is 14.4. The highest BCUT2D eigenvalue weighted by molar-refractivity contribution is 7.99. The first-order chi connectivity index (χ1) is 12.1. The molecule has 1 aromatic carbocycles. The van der Waals surface area contributed by atoms with Gasteiger partial charge in [-0.15, -0.1) is 0 Å². The molecule has 0 radical (unpaired) electrons. The standard InChI is InChI=1S/C20H27N3OS/c1-16(24)17-5-6-18(14-21)19(13-17)22-15-20(7-3-2-4-8-20)23-9-11-25-12-10-23/h5-6,13,22H,2-4,7-12,15H2,1H3. The molecule has 25 heavy (non-hydrogen) atoms. The van der Waals surface area contributed by atoms with Crippen LogP contribution in [0.4, 0.5) is 5.69 Å². The van der Waals surface area contributed by atoms with Gasteiger partial charge in [0.05, 0.1) is 11.3 Å². The van der Waals surface area contributed by atoms with Crippen molar-refractivity contribution in [1.82, 2.24) is 4.90 Å². The smallest absolute Gasteiger partial charge is 0.159 e. The molecular weight excluding hydrogens is 330 g/mol. The number of rotatable bonds is 5. The molecule has 0 bridgehead atoms. The average molecular weight is 358 g/mol. The number of benzene rings is 1. The molecule has 1 N–H and O–H groups in total. The summed E-state index contributed by atoms with van der Waals surface area (Å²) in [5.74, 6) is 2.46. The lowest BCUT2D eigenvalue weighted by atomic mass is 9.79. The SMILES string of the molecule is CC(=O)c1ccc(C#N)c(NCC2(N3CCSCC3)CCCCC2)c1. The third-order valence-electron chi connectivity index (χ3n) is 5.62. The van der Waals surface area contributed by atoms with E-state index in [-0.39, 0.29) is 11.3 Å². The van der Waals surface area contributed by atoms with Crippen LogP contribution in [0.5, 0.6) is 0 Å². The topological polar surface area (TPSA) is 56.1 Å². The van der Waals surface area contributed by atoms with E-state index >= 15 is 0 Å². The Labute approximate surface area is 155 Å². The van der Waals surface area contributed by atoms with Crippen LogP contribution >= 0.6 is 11.8 Å². The molecule has 0 aromatic heterocycles. The fraction of sp³-hybridized carbons (Fsp3) is 0.600. The van der Waals surface area contributed by atoms with Gasteiger partial charge in [-0.2, -0.15) is 17.0 Å². The average Bonchev–Trinajstić information content (AvgIpc) is 2.67. The van der Waals surface area contributed by atoms with Gasteiger partial charge in [0.2, 0.25) is 0 Å². The van der Waals surface area contributed by atoms with Crippen molar-refractivity contribution < 1.29 is 4.79 Å². The van der Waals surface area contributed by atoms with Crippen molar-refractivity contribution in [2.24, 2.45) is 0 Å². The van der Waals surface area contributed by atoms with Gasteiger partial charge in [-0.1, -0.05) is 19.3 Å². The van der Waals surface area contributed by atoms with Gasteiger partial charge in [0.25, 0.3) is 0 Å². The Morgan fingerprint density at radius 1 is 1.28 bits per heavy atom.